The van der Waals surface area contributed by atoms with Crippen molar-refractivity contribution in [2.24, 2.45) is 5.73 Å². The molecule has 0 atom stereocenters. The molecule has 1 aromatic carbocycles. The summed E-state index contributed by atoms with van der Waals surface area (Å²) in [5, 5.41) is 9.61. The molecular formula is C14H20FNO. The summed E-state index contributed by atoms with van der Waals surface area (Å²) in [6.45, 7) is 2.25. The smallest absolute Gasteiger partial charge is 0.167 e. The van der Waals surface area contributed by atoms with Crippen LogP contribution in [-0.4, -0.2) is 11.7 Å². The van der Waals surface area contributed by atoms with Gasteiger partial charge < -0.3 is 10.8 Å². The topological polar surface area (TPSA) is 46.2 Å². The molecule has 2 rings (SSSR count). The van der Waals surface area contributed by atoms with Gasteiger partial charge in [0.25, 0.3) is 0 Å². The zero-order valence-corrected chi connectivity index (χ0v) is 10.3. The second kappa shape index (κ2) is 4.65. The first kappa shape index (κ1) is 12.4. The van der Waals surface area contributed by atoms with Gasteiger partial charge in [-0.05, 0) is 37.0 Å². The normalized spacial score (nSPS) is 19.2. The number of aromatic hydroxyl groups is 1. The molecule has 1 saturated carbocycles. The maximum Gasteiger partial charge on any atom is 0.167 e. The lowest BCUT2D eigenvalue weighted by molar-refractivity contribution is 0.299. The molecule has 1 aromatic rings. The molecule has 0 aliphatic heterocycles. The average molecular weight is 237 g/mol. The number of benzene rings is 1. The van der Waals surface area contributed by atoms with Crippen LogP contribution in [-0.2, 0) is 5.41 Å². The average Bonchev–Trinajstić information content (AvgIpc) is 2.36. The Morgan fingerprint density at radius 2 is 1.94 bits per heavy atom. The molecule has 1 fully saturated rings. The standard InChI is InChI=1S/C14H20FNO/c1-10-7-11(8-12(17)13(10)15)14(9-16)5-3-2-4-6-14/h7-8,17H,2-6,9,16H2,1H3. The Hall–Kier alpha value is -1.09. The summed E-state index contributed by atoms with van der Waals surface area (Å²) in [6, 6.07) is 3.40. The third kappa shape index (κ3) is 2.16. The van der Waals surface area contributed by atoms with Crippen molar-refractivity contribution in [3.63, 3.8) is 0 Å². The van der Waals surface area contributed by atoms with Gasteiger partial charge in [-0.15, -0.1) is 0 Å². The Balaban J connectivity index is 2.43. The first-order valence-corrected chi connectivity index (χ1v) is 6.29. The van der Waals surface area contributed by atoms with Crippen molar-refractivity contribution in [2.45, 2.75) is 44.4 Å². The number of hydrogen-bond donors (Lipinski definition) is 2. The lowest BCUT2D eigenvalue weighted by Gasteiger charge is -2.37. The molecule has 0 spiro atoms. The minimum absolute atomic E-state index is 0.0613. The highest BCUT2D eigenvalue weighted by Gasteiger charge is 2.33. The molecule has 1 aliphatic carbocycles. The summed E-state index contributed by atoms with van der Waals surface area (Å²) in [5.41, 5.74) is 7.37. The number of aryl methyl sites for hydroxylation is 1. The summed E-state index contributed by atoms with van der Waals surface area (Å²) in [4.78, 5) is 0. The predicted molar refractivity (Wildman–Crippen MR) is 66.6 cm³/mol. The van der Waals surface area contributed by atoms with Crippen LogP contribution >= 0.6 is 0 Å². The van der Waals surface area contributed by atoms with E-state index in [2.05, 4.69) is 0 Å². The molecule has 3 N–H and O–H groups in total. The Morgan fingerprint density at radius 1 is 1.29 bits per heavy atom. The summed E-state index contributed by atoms with van der Waals surface area (Å²) >= 11 is 0. The van der Waals surface area contributed by atoms with Crippen molar-refractivity contribution >= 4 is 0 Å². The Kier molecular flexibility index (Phi) is 3.38. The van der Waals surface area contributed by atoms with E-state index in [-0.39, 0.29) is 11.2 Å². The van der Waals surface area contributed by atoms with Crippen LogP contribution in [0.4, 0.5) is 4.39 Å². The van der Waals surface area contributed by atoms with Gasteiger partial charge in [-0.1, -0.05) is 25.3 Å². The van der Waals surface area contributed by atoms with Crippen molar-refractivity contribution in [2.75, 3.05) is 6.54 Å². The number of halogens is 1. The molecule has 2 nitrogen and oxygen atoms in total. The summed E-state index contributed by atoms with van der Waals surface area (Å²) in [7, 11) is 0. The van der Waals surface area contributed by atoms with E-state index in [1.54, 1.807) is 13.0 Å². The Bertz CT molecular complexity index is 388. The largest absolute Gasteiger partial charge is 0.505 e. The van der Waals surface area contributed by atoms with E-state index in [4.69, 9.17) is 5.73 Å². The summed E-state index contributed by atoms with van der Waals surface area (Å²) in [5.74, 6) is -0.768. The zero-order valence-electron chi connectivity index (χ0n) is 10.3. The SMILES string of the molecule is Cc1cc(C2(CN)CCCCC2)cc(O)c1F. The molecule has 0 saturated heterocycles. The molecule has 0 radical (unpaired) electrons. The molecule has 0 aromatic heterocycles. The summed E-state index contributed by atoms with van der Waals surface area (Å²) < 4.78 is 13.4. The van der Waals surface area contributed by atoms with Crippen LogP contribution in [0.5, 0.6) is 5.75 Å². The molecular weight excluding hydrogens is 217 g/mol. The van der Waals surface area contributed by atoms with Crippen LogP contribution in [0, 0.1) is 12.7 Å². The van der Waals surface area contributed by atoms with Crippen molar-refractivity contribution in [3.05, 3.63) is 29.1 Å². The lowest BCUT2D eigenvalue weighted by atomic mass is 9.69. The van der Waals surface area contributed by atoms with Gasteiger partial charge in [0.15, 0.2) is 11.6 Å². The molecule has 0 amide bonds. The van der Waals surface area contributed by atoms with Gasteiger partial charge in [-0.3, -0.25) is 0 Å². The fourth-order valence-electron chi connectivity index (χ4n) is 2.90. The molecule has 94 valence electrons. The van der Waals surface area contributed by atoms with Crippen LogP contribution < -0.4 is 5.73 Å². The number of hydrogen-bond acceptors (Lipinski definition) is 2. The maximum atomic E-state index is 13.4. The number of nitrogens with two attached hydrogens (primary N) is 1. The molecule has 0 bridgehead atoms. The van der Waals surface area contributed by atoms with Crippen molar-refractivity contribution in [3.8, 4) is 5.75 Å². The number of rotatable bonds is 2. The van der Waals surface area contributed by atoms with E-state index in [0.717, 1.165) is 31.2 Å². The number of phenols is 1. The minimum Gasteiger partial charge on any atom is -0.505 e. The maximum absolute atomic E-state index is 13.4. The van der Waals surface area contributed by atoms with Gasteiger partial charge in [0.05, 0.1) is 0 Å². The van der Waals surface area contributed by atoms with Crippen molar-refractivity contribution in [1.29, 1.82) is 0 Å². The van der Waals surface area contributed by atoms with E-state index < -0.39 is 5.82 Å². The van der Waals surface area contributed by atoms with Crippen LogP contribution in [0.3, 0.4) is 0 Å². The second-order valence-electron chi connectivity index (χ2n) is 5.17. The second-order valence-corrected chi connectivity index (χ2v) is 5.17. The fourth-order valence-corrected chi connectivity index (χ4v) is 2.90. The zero-order chi connectivity index (χ0) is 12.5. The van der Waals surface area contributed by atoms with Crippen LogP contribution in [0.1, 0.15) is 43.2 Å². The molecule has 1 aliphatic rings. The Labute approximate surface area is 102 Å². The summed E-state index contributed by atoms with van der Waals surface area (Å²) in [6.07, 6.45) is 5.64. The minimum atomic E-state index is -0.517. The van der Waals surface area contributed by atoms with E-state index in [1.165, 1.54) is 6.42 Å². The van der Waals surface area contributed by atoms with Gasteiger partial charge in [0.1, 0.15) is 0 Å². The monoisotopic (exact) mass is 237 g/mol. The first-order chi connectivity index (χ1) is 8.09. The van der Waals surface area contributed by atoms with Gasteiger partial charge in [0, 0.05) is 12.0 Å². The van der Waals surface area contributed by atoms with Crippen LogP contribution in [0.25, 0.3) is 0 Å². The molecule has 0 heterocycles. The first-order valence-electron chi connectivity index (χ1n) is 6.29. The van der Waals surface area contributed by atoms with Gasteiger partial charge in [-0.2, -0.15) is 0 Å². The highest BCUT2D eigenvalue weighted by Crippen LogP contribution is 2.40. The number of phenolic OH excluding ortho intramolecular Hbond substituents is 1. The van der Waals surface area contributed by atoms with Gasteiger partial charge >= 0.3 is 0 Å². The highest BCUT2D eigenvalue weighted by molar-refractivity contribution is 5.39. The van der Waals surface area contributed by atoms with E-state index in [1.807, 2.05) is 6.07 Å². The quantitative estimate of drug-likeness (QED) is 0.830. The molecule has 3 heteroatoms. The van der Waals surface area contributed by atoms with Crippen LogP contribution in [0.2, 0.25) is 0 Å². The predicted octanol–water partition coefficient (Wildman–Crippen LogP) is 3.00. The van der Waals surface area contributed by atoms with Crippen LogP contribution in [0.15, 0.2) is 12.1 Å². The molecule has 17 heavy (non-hydrogen) atoms. The highest BCUT2D eigenvalue weighted by atomic mass is 19.1. The third-order valence-corrected chi connectivity index (χ3v) is 4.05. The van der Waals surface area contributed by atoms with Gasteiger partial charge in [-0.25, -0.2) is 4.39 Å². The fraction of sp³-hybridized carbons (Fsp3) is 0.571. The van der Waals surface area contributed by atoms with Crippen molar-refractivity contribution in [1.82, 2.24) is 0 Å². The molecule has 0 unspecified atom stereocenters. The Morgan fingerprint density at radius 3 is 2.47 bits per heavy atom. The van der Waals surface area contributed by atoms with E-state index in [9.17, 15) is 9.50 Å². The van der Waals surface area contributed by atoms with E-state index >= 15 is 0 Å². The third-order valence-electron chi connectivity index (χ3n) is 4.05. The van der Waals surface area contributed by atoms with Gasteiger partial charge in [0.2, 0.25) is 0 Å². The van der Waals surface area contributed by atoms with E-state index in [0.29, 0.717) is 12.1 Å². The lowest BCUT2D eigenvalue weighted by Crippen LogP contribution is -2.37. The van der Waals surface area contributed by atoms with Crippen molar-refractivity contribution < 1.29 is 9.50 Å².